The van der Waals surface area contributed by atoms with Crippen LogP contribution in [0.1, 0.15) is 11.1 Å². The molecule has 21 heavy (non-hydrogen) atoms. The van der Waals surface area contributed by atoms with Crippen molar-refractivity contribution < 1.29 is 13.9 Å². The van der Waals surface area contributed by atoms with E-state index in [1.54, 1.807) is 18.2 Å². The van der Waals surface area contributed by atoms with Gasteiger partial charge in [-0.1, -0.05) is 24.3 Å². The molecule has 1 N–H and O–H groups in total. The minimum Gasteiger partial charge on any atom is -0.494 e. The topological polar surface area (TPSA) is 30.5 Å². The van der Waals surface area contributed by atoms with Crippen molar-refractivity contribution in [3.63, 3.8) is 0 Å². The van der Waals surface area contributed by atoms with E-state index >= 15 is 0 Å². The number of methoxy groups -OCH3 is 1. The fraction of sp³-hybridized carbons (Fsp3) is 0.250. The Labute approximate surface area is 132 Å². The van der Waals surface area contributed by atoms with Gasteiger partial charge in [0, 0.05) is 17.7 Å². The van der Waals surface area contributed by atoms with Gasteiger partial charge >= 0.3 is 0 Å². The molecule has 0 aromatic heterocycles. The van der Waals surface area contributed by atoms with Crippen LogP contribution in [-0.2, 0) is 13.2 Å². The van der Waals surface area contributed by atoms with Crippen LogP contribution in [0, 0.1) is 5.82 Å². The second-order valence-corrected chi connectivity index (χ2v) is 5.33. The van der Waals surface area contributed by atoms with Crippen molar-refractivity contribution >= 4 is 15.9 Å². The second kappa shape index (κ2) is 7.43. The Kier molecular flexibility index (Phi) is 5.59. The Hall–Kier alpha value is -1.59. The minimum absolute atomic E-state index is 0.141. The molecule has 0 aliphatic carbocycles. The normalized spacial score (nSPS) is 10.5. The Morgan fingerprint density at radius 3 is 2.57 bits per heavy atom. The molecule has 3 nitrogen and oxygen atoms in total. The summed E-state index contributed by atoms with van der Waals surface area (Å²) in [6, 6.07) is 10.8. The first-order valence-corrected chi connectivity index (χ1v) is 7.32. The highest BCUT2D eigenvalue weighted by Gasteiger charge is 2.12. The van der Waals surface area contributed by atoms with Crippen molar-refractivity contribution in [2.75, 3.05) is 14.2 Å². The van der Waals surface area contributed by atoms with Crippen molar-refractivity contribution in [2.24, 2.45) is 0 Å². The average Bonchev–Trinajstić information content (AvgIpc) is 2.48. The third-order valence-corrected chi connectivity index (χ3v) is 3.68. The van der Waals surface area contributed by atoms with Gasteiger partial charge in [0.2, 0.25) is 0 Å². The maximum Gasteiger partial charge on any atom is 0.171 e. The smallest absolute Gasteiger partial charge is 0.171 e. The third-order valence-electron chi connectivity index (χ3n) is 3.05. The van der Waals surface area contributed by atoms with E-state index < -0.39 is 0 Å². The van der Waals surface area contributed by atoms with Crippen LogP contribution in [-0.4, -0.2) is 14.2 Å². The van der Waals surface area contributed by atoms with Gasteiger partial charge in [0.05, 0.1) is 11.6 Å². The molecule has 0 saturated carbocycles. The standard InChI is InChI=1S/C16H17BrFNO2/c1-19-9-11-5-3-7-13(17)16(11)21-10-12-6-4-8-14(20-2)15(12)18/h3-8,19H,9-10H2,1-2H3. The molecule has 2 aromatic carbocycles. The van der Waals surface area contributed by atoms with E-state index in [9.17, 15) is 4.39 Å². The highest BCUT2D eigenvalue weighted by molar-refractivity contribution is 9.10. The summed E-state index contributed by atoms with van der Waals surface area (Å²) in [4.78, 5) is 0. The molecule has 0 fully saturated rings. The molecule has 112 valence electrons. The predicted octanol–water partition coefficient (Wildman–Crippen LogP) is 3.90. The van der Waals surface area contributed by atoms with Crippen molar-refractivity contribution in [1.29, 1.82) is 0 Å². The van der Waals surface area contributed by atoms with E-state index in [0.717, 1.165) is 10.0 Å². The average molecular weight is 354 g/mol. The molecule has 0 aliphatic rings. The fourth-order valence-electron chi connectivity index (χ4n) is 2.02. The van der Waals surface area contributed by atoms with Gasteiger partial charge in [0.1, 0.15) is 12.4 Å². The van der Waals surface area contributed by atoms with Crippen LogP contribution in [0.15, 0.2) is 40.9 Å². The van der Waals surface area contributed by atoms with Gasteiger partial charge < -0.3 is 14.8 Å². The van der Waals surface area contributed by atoms with Crippen LogP contribution in [0.5, 0.6) is 11.5 Å². The van der Waals surface area contributed by atoms with E-state index in [-0.39, 0.29) is 18.2 Å². The summed E-state index contributed by atoms with van der Waals surface area (Å²) in [5, 5.41) is 3.08. The molecule has 0 amide bonds. The van der Waals surface area contributed by atoms with Crippen LogP contribution >= 0.6 is 15.9 Å². The van der Waals surface area contributed by atoms with E-state index in [4.69, 9.17) is 9.47 Å². The number of ether oxygens (including phenoxy) is 2. The Balaban J connectivity index is 2.20. The Bertz CT molecular complexity index is 619. The molecule has 0 spiro atoms. The zero-order valence-electron chi connectivity index (χ0n) is 12.0. The zero-order chi connectivity index (χ0) is 15.2. The van der Waals surface area contributed by atoms with Crippen molar-refractivity contribution in [3.8, 4) is 11.5 Å². The van der Waals surface area contributed by atoms with Gasteiger partial charge in [0.15, 0.2) is 11.6 Å². The maximum absolute atomic E-state index is 14.1. The molecule has 0 bridgehead atoms. The van der Waals surface area contributed by atoms with Gasteiger partial charge in [-0.3, -0.25) is 0 Å². The van der Waals surface area contributed by atoms with Crippen LogP contribution in [0.2, 0.25) is 0 Å². The lowest BCUT2D eigenvalue weighted by Gasteiger charge is -2.14. The lowest BCUT2D eigenvalue weighted by molar-refractivity contribution is 0.290. The molecule has 0 radical (unpaired) electrons. The van der Waals surface area contributed by atoms with E-state index in [2.05, 4.69) is 21.2 Å². The largest absolute Gasteiger partial charge is 0.494 e. The number of nitrogens with one attached hydrogen (secondary N) is 1. The maximum atomic E-state index is 14.1. The number of benzene rings is 2. The number of hydrogen-bond acceptors (Lipinski definition) is 3. The van der Waals surface area contributed by atoms with Gasteiger partial charge in [-0.15, -0.1) is 0 Å². The van der Waals surface area contributed by atoms with Gasteiger partial charge in [0.25, 0.3) is 0 Å². The van der Waals surface area contributed by atoms with Crippen LogP contribution in [0.4, 0.5) is 4.39 Å². The molecular weight excluding hydrogens is 337 g/mol. The summed E-state index contributed by atoms with van der Waals surface area (Å²) in [5.41, 5.74) is 1.47. The van der Waals surface area contributed by atoms with E-state index in [1.807, 2.05) is 25.2 Å². The Morgan fingerprint density at radius 1 is 1.14 bits per heavy atom. The molecule has 5 heteroatoms. The van der Waals surface area contributed by atoms with E-state index in [0.29, 0.717) is 17.9 Å². The summed E-state index contributed by atoms with van der Waals surface area (Å²) in [5.74, 6) is 0.551. The fourth-order valence-corrected chi connectivity index (χ4v) is 2.54. The summed E-state index contributed by atoms with van der Waals surface area (Å²) in [6.45, 7) is 0.817. The number of para-hydroxylation sites is 1. The predicted molar refractivity (Wildman–Crippen MR) is 84.2 cm³/mol. The molecule has 2 rings (SSSR count). The molecular formula is C16H17BrFNO2. The van der Waals surface area contributed by atoms with Crippen LogP contribution in [0.3, 0.4) is 0 Å². The zero-order valence-corrected chi connectivity index (χ0v) is 13.5. The van der Waals surface area contributed by atoms with Gasteiger partial charge in [-0.05, 0) is 35.1 Å². The number of hydrogen-bond donors (Lipinski definition) is 1. The third kappa shape index (κ3) is 3.74. The molecule has 0 aliphatic heterocycles. The van der Waals surface area contributed by atoms with Crippen LogP contribution < -0.4 is 14.8 Å². The molecule has 2 aromatic rings. The molecule has 0 heterocycles. The second-order valence-electron chi connectivity index (χ2n) is 4.48. The minimum atomic E-state index is -0.387. The molecule has 0 saturated heterocycles. The Morgan fingerprint density at radius 2 is 1.86 bits per heavy atom. The van der Waals surface area contributed by atoms with Crippen molar-refractivity contribution in [3.05, 3.63) is 57.8 Å². The highest BCUT2D eigenvalue weighted by Crippen LogP contribution is 2.30. The highest BCUT2D eigenvalue weighted by atomic mass is 79.9. The van der Waals surface area contributed by atoms with Crippen molar-refractivity contribution in [1.82, 2.24) is 5.32 Å². The number of halogens is 2. The SMILES string of the molecule is CNCc1cccc(Br)c1OCc1cccc(OC)c1F. The first kappa shape index (κ1) is 15.8. The lowest BCUT2D eigenvalue weighted by Crippen LogP contribution is -2.08. The van der Waals surface area contributed by atoms with Gasteiger partial charge in [-0.25, -0.2) is 4.39 Å². The number of rotatable bonds is 6. The monoisotopic (exact) mass is 353 g/mol. The summed E-state index contributed by atoms with van der Waals surface area (Å²) in [6.07, 6.45) is 0. The molecule has 0 unspecified atom stereocenters. The first-order chi connectivity index (χ1) is 10.2. The summed E-state index contributed by atoms with van der Waals surface area (Å²) < 4.78 is 25.7. The first-order valence-electron chi connectivity index (χ1n) is 6.53. The molecule has 0 atom stereocenters. The lowest BCUT2D eigenvalue weighted by atomic mass is 10.2. The summed E-state index contributed by atoms with van der Waals surface area (Å²) in [7, 11) is 3.31. The summed E-state index contributed by atoms with van der Waals surface area (Å²) >= 11 is 3.47. The van der Waals surface area contributed by atoms with Crippen molar-refractivity contribution in [2.45, 2.75) is 13.2 Å². The van der Waals surface area contributed by atoms with Gasteiger partial charge in [-0.2, -0.15) is 0 Å². The van der Waals surface area contributed by atoms with E-state index in [1.165, 1.54) is 7.11 Å². The quantitative estimate of drug-likeness (QED) is 0.854. The van der Waals surface area contributed by atoms with Crippen LogP contribution in [0.25, 0.3) is 0 Å².